The summed E-state index contributed by atoms with van der Waals surface area (Å²) in [4.78, 5) is 44.4. The molecule has 2 aromatic rings. The van der Waals surface area contributed by atoms with Gasteiger partial charge in [0.1, 0.15) is 17.5 Å². The van der Waals surface area contributed by atoms with Crippen LogP contribution in [0, 0.1) is 0 Å². The molecule has 0 spiro atoms. The Bertz CT molecular complexity index is 1070. The standard InChI is InChI=1S/C26H33N5O5/c1-35-20-9-7-19(8-10-20)28-24(32)17-22-26(34)27-11-12-31(22)25(33)18-29-13-15-30(16-14-29)21-5-3-4-6-23(21)36-2/h3-10,22H,11-18H2,1-2H3,(H,27,34)(H,28,32). The summed E-state index contributed by atoms with van der Waals surface area (Å²) in [5.41, 5.74) is 1.64. The zero-order chi connectivity index (χ0) is 25.5. The Kier molecular flexibility index (Phi) is 8.27. The molecule has 1 unspecified atom stereocenters. The van der Waals surface area contributed by atoms with Crippen LogP contribution in [-0.4, -0.2) is 93.6 Å². The topological polar surface area (TPSA) is 103 Å². The molecule has 10 heteroatoms. The first-order valence-corrected chi connectivity index (χ1v) is 12.1. The summed E-state index contributed by atoms with van der Waals surface area (Å²) in [6.07, 6.45) is -0.106. The predicted molar refractivity (Wildman–Crippen MR) is 136 cm³/mol. The molecule has 2 heterocycles. The van der Waals surface area contributed by atoms with Crippen LogP contribution in [0.25, 0.3) is 0 Å². The third-order valence-corrected chi connectivity index (χ3v) is 6.56. The lowest BCUT2D eigenvalue weighted by molar-refractivity contribution is -0.145. The lowest BCUT2D eigenvalue weighted by Gasteiger charge is -2.39. The highest BCUT2D eigenvalue weighted by Gasteiger charge is 2.35. The van der Waals surface area contributed by atoms with Crippen LogP contribution in [0.15, 0.2) is 48.5 Å². The molecule has 36 heavy (non-hydrogen) atoms. The zero-order valence-electron chi connectivity index (χ0n) is 20.7. The lowest BCUT2D eigenvalue weighted by Crippen LogP contribution is -2.60. The smallest absolute Gasteiger partial charge is 0.243 e. The molecule has 0 aromatic heterocycles. The van der Waals surface area contributed by atoms with Crippen molar-refractivity contribution in [1.82, 2.24) is 15.1 Å². The second kappa shape index (κ2) is 11.8. The summed E-state index contributed by atoms with van der Waals surface area (Å²) < 4.78 is 10.6. The Hall–Kier alpha value is -3.79. The number of rotatable bonds is 8. The normalized spacial score (nSPS) is 18.4. The van der Waals surface area contributed by atoms with Crippen LogP contribution in [-0.2, 0) is 14.4 Å². The van der Waals surface area contributed by atoms with Gasteiger partial charge in [0.15, 0.2) is 0 Å². The van der Waals surface area contributed by atoms with Gasteiger partial charge in [-0.2, -0.15) is 0 Å². The number of hydrogen-bond donors (Lipinski definition) is 2. The molecule has 2 aromatic carbocycles. The van der Waals surface area contributed by atoms with Crippen LogP contribution >= 0.6 is 0 Å². The van der Waals surface area contributed by atoms with Crippen molar-refractivity contribution in [2.45, 2.75) is 12.5 Å². The second-order valence-electron chi connectivity index (χ2n) is 8.81. The Balaban J connectivity index is 1.32. The highest BCUT2D eigenvalue weighted by molar-refractivity contribution is 5.97. The van der Waals surface area contributed by atoms with Gasteiger partial charge in [-0.25, -0.2) is 0 Å². The molecule has 2 saturated heterocycles. The Morgan fingerprint density at radius 1 is 0.972 bits per heavy atom. The summed E-state index contributed by atoms with van der Waals surface area (Å²) >= 11 is 0. The Morgan fingerprint density at radius 3 is 2.39 bits per heavy atom. The van der Waals surface area contributed by atoms with Crippen molar-refractivity contribution < 1.29 is 23.9 Å². The van der Waals surface area contributed by atoms with Crippen LogP contribution in [0.3, 0.4) is 0 Å². The fraction of sp³-hybridized carbons (Fsp3) is 0.423. The van der Waals surface area contributed by atoms with E-state index in [-0.39, 0.29) is 30.7 Å². The van der Waals surface area contributed by atoms with Gasteiger partial charge in [-0.3, -0.25) is 19.3 Å². The average molecular weight is 496 g/mol. The largest absolute Gasteiger partial charge is 0.497 e. The Morgan fingerprint density at radius 2 is 1.69 bits per heavy atom. The first-order valence-electron chi connectivity index (χ1n) is 12.1. The number of nitrogens with zero attached hydrogens (tertiary/aromatic N) is 3. The number of anilines is 2. The van der Waals surface area contributed by atoms with Crippen LogP contribution in [0.2, 0.25) is 0 Å². The van der Waals surface area contributed by atoms with Gasteiger partial charge < -0.3 is 29.9 Å². The first-order chi connectivity index (χ1) is 17.5. The van der Waals surface area contributed by atoms with Crippen molar-refractivity contribution in [1.29, 1.82) is 0 Å². The predicted octanol–water partition coefficient (Wildman–Crippen LogP) is 1.18. The Labute approximate surface area is 211 Å². The van der Waals surface area contributed by atoms with E-state index in [1.807, 2.05) is 24.3 Å². The van der Waals surface area contributed by atoms with Gasteiger partial charge in [-0.05, 0) is 36.4 Å². The van der Waals surface area contributed by atoms with Gasteiger partial charge in [0.25, 0.3) is 0 Å². The van der Waals surface area contributed by atoms with Crippen molar-refractivity contribution in [3.63, 3.8) is 0 Å². The first kappa shape index (κ1) is 25.3. The van der Waals surface area contributed by atoms with Gasteiger partial charge in [0.05, 0.1) is 32.9 Å². The van der Waals surface area contributed by atoms with Gasteiger partial charge in [-0.1, -0.05) is 12.1 Å². The number of amides is 3. The lowest BCUT2D eigenvalue weighted by atomic mass is 10.1. The third kappa shape index (κ3) is 6.06. The number of piperazine rings is 2. The molecule has 1 atom stereocenters. The summed E-state index contributed by atoms with van der Waals surface area (Å²) in [5, 5.41) is 5.57. The molecule has 4 rings (SSSR count). The molecule has 0 saturated carbocycles. The average Bonchev–Trinajstić information content (AvgIpc) is 2.90. The van der Waals surface area contributed by atoms with E-state index >= 15 is 0 Å². The van der Waals surface area contributed by atoms with E-state index in [9.17, 15) is 14.4 Å². The highest BCUT2D eigenvalue weighted by Crippen LogP contribution is 2.28. The minimum Gasteiger partial charge on any atom is -0.497 e. The SMILES string of the molecule is COc1ccc(NC(=O)CC2C(=O)NCCN2C(=O)CN2CCN(c3ccccc3OC)CC2)cc1. The van der Waals surface area contributed by atoms with Crippen molar-refractivity contribution in [2.75, 3.05) is 70.2 Å². The maximum absolute atomic E-state index is 13.2. The number of nitrogens with one attached hydrogen (secondary N) is 2. The van der Waals surface area contributed by atoms with Gasteiger partial charge in [0, 0.05) is 45.0 Å². The van der Waals surface area contributed by atoms with Crippen LogP contribution in [0.1, 0.15) is 6.42 Å². The molecule has 192 valence electrons. The molecule has 2 fully saturated rings. The molecule has 2 N–H and O–H groups in total. The number of carbonyl (C=O) groups is 3. The number of methoxy groups -OCH3 is 2. The van der Waals surface area contributed by atoms with Gasteiger partial charge in [0.2, 0.25) is 17.7 Å². The molecular weight excluding hydrogens is 462 g/mol. The summed E-state index contributed by atoms with van der Waals surface area (Å²) in [7, 11) is 3.23. The van der Waals surface area contributed by atoms with E-state index in [2.05, 4.69) is 20.4 Å². The van der Waals surface area contributed by atoms with E-state index < -0.39 is 6.04 Å². The third-order valence-electron chi connectivity index (χ3n) is 6.56. The van der Waals surface area contributed by atoms with E-state index in [4.69, 9.17) is 9.47 Å². The number of para-hydroxylation sites is 2. The minimum atomic E-state index is -0.834. The molecular formula is C26H33N5O5. The number of benzene rings is 2. The fourth-order valence-electron chi connectivity index (χ4n) is 4.60. The summed E-state index contributed by atoms with van der Waals surface area (Å²) in [6, 6.07) is 14.0. The maximum Gasteiger partial charge on any atom is 0.243 e. The molecule has 0 bridgehead atoms. The van der Waals surface area contributed by atoms with Crippen LogP contribution in [0.5, 0.6) is 11.5 Å². The van der Waals surface area contributed by atoms with Gasteiger partial charge >= 0.3 is 0 Å². The van der Waals surface area contributed by atoms with Crippen molar-refractivity contribution in [3.8, 4) is 11.5 Å². The molecule has 2 aliphatic rings. The van der Waals surface area contributed by atoms with E-state index in [1.54, 1.807) is 43.4 Å². The molecule has 10 nitrogen and oxygen atoms in total. The fourth-order valence-corrected chi connectivity index (χ4v) is 4.60. The van der Waals surface area contributed by atoms with Crippen LogP contribution in [0.4, 0.5) is 11.4 Å². The van der Waals surface area contributed by atoms with Crippen molar-refractivity contribution in [2.24, 2.45) is 0 Å². The number of ether oxygens (including phenoxy) is 2. The van der Waals surface area contributed by atoms with E-state index in [0.29, 0.717) is 37.6 Å². The minimum absolute atomic E-state index is 0.106. The van der Waals surface area contributed by atoms with Gasteiger partial charge in [-0.15, -0.1) is 0 Å². The molecule has 3 amide bonds. The highest BCUT2D eigenvalue weighted by atomic mass is 16.5. The van der Waals surface area contributed by atoms with Crippen LogP contribution < -0.4 is 25.0 Å². The maximum atomic E-state index is 13.2. The van der Waals surface area contributed by atoms with Crippen molar-refractivity contribution in [3.05, 3.63) is 48.5 Å². The quantitative estimate of drug-likeness (QED) is 0.567. The zero-order valence-corrected chi connectivity index (χ0v) is 20.7. The van der Waals surface area contributed by atoms with E-state index in [1.165, 1.54) is 0 Å². The second-order valence-corrected chi connectivity index (χ2v) is 8.81. The van der Waals surface area contributed by atoms with E-state index in [0.717, 1.165) is 24.5 Å². The summed E-state index contributed by atoms with van der Waals surface area (Å²) in [5.74, 6) is 0.737. The molecule has 2 aliphatic heterocycles. The monoisotopic (exact) mass is 495 g/mol. The number of carbonyl (C=O) groups excluding carboxylic acids is 3. The number of hydrogen-bond acceptors (Lipinski definition) is 7. The van der Waals surface area contributed by atoms with Crippen molar-refractivity contribution >= 4 is 29.1 Å². The molecule has 0 aliphatic carbocycles. The molecule has 0 radical (unpaired) electrons. The summed E-state index contributed by atoms with van der Waals surface area (Å²) in [6.45, 7) is 3.93.